The maximum absolute atomic E-state index is 5.78. The normalized spacial score (nSPS) is 12.8. The molecule has 0 spiro atoms. The minimum Gasteiger partial charge on any atom is -0.384 e. The molecule has 1 unspecified atom stereocenters. The molecule has 0 amide bonds. The number of ether oxygens (including phenoxy) is 1. The Hall–Kier alpha value is -0.860. The van der Waals surface area contributed by atoms with Crippen molar-refractivity contribution in [1.82, 2.24) is 0 Å². The van der Waals surface area contributed by atoms with Crippen LogP contribution < -0.4 is 5.73 Å². The summed E-state index contributed by atoms with van der Waals surface area (Å²) in [4.78, 5) is 0. The smallest absolute Gasteiger partial charge is 0.0502 e. The number of methoxy groups -OCH3 is 1. The fraction of sp³-hybridized carbons (Fsp3) is 0.455. The van der Waals surface area contributed by atoms with E-state index in [-0.39, 0.29) is 6.04 Å². The van der Waals surface area contributed by atoms with Gasteiger partial charge in [0.2, 0.25) is 0 Å². The lowest BCUT2D eigenvalue weighted by Gasteiger charge is -2.07. The highest BCUT2D eigenvalue weighted by Crippen LogP contribution is 2.12. The van der Waals surface area contributed by atoms with Crippen LogP contribution in [0.15, 0.2) is 24.3 Å². The molecule has 0 saturated heterocycles. The van der Waals surface area contributed by atoms with Crippen LogP contribution in [-0.4, -0.2) is 13.7 Å². The second-order valence-corrected chi connectivity index (χ2v) is 3.28. The van der Waals surface area contributed by atoms with Crippen molar-refractivity contribution in [2.24, 2.45) is 5.73 Å². The van der Waals surface area contributed by atoms with Gasteiger partial charge in [0.05, 0.1) is 6.61 Å². The molecule has 0 aliphatic carbocycles. The van der Waals surface area contributed by atoms with Gasteiger partial charge in [-0.3, -0.25) is 0 Å². The highest BCUT2D eigenvalue weighted by Gasteiger charge is 1.99. The molecule has 72 valence electrons. The Bertz CT molecular complexity index is 258. The van der Waals surface area contributed by atoms with Crippen molar-refractivity contribution in [1.29, 1.82) is 0 Å². The van der Waals surface area contributed by atoms with Crippen LogP contribution in [0.3, 0.4) is 0 Å². The second-order valence-electron chi connectivity index (χ2n) is 3.28. The van der Waals surface area contributed by atoms with Gasteiger partial charge in [0.15, 0.2) is 0 Å². The number of hydrogen-bond donors (Lipinski definition) is 1. The topological polar surface area (TPSA) is 35.2 Å². The van der Waals surface area contributed by atoms with Crippen LogP contribution in [0.25, 0.3) is 0 Å². The number of benzene rings is 1. The van der Waals surface area contributed by atoms with Gasteiger partial charge in [-0.1, -0.05) is 24.3 Å². The summed E-state index contributed by atoms with van der Waals surface area (Å²) < 4.78 is 5.01. The maximum atomic E-state index is 5.78. The summed E-state index contributed by atoms with van der Waals surface area (Å²) >= 11 is 0. The zero-order valence-electron chi connectivity index (χ0n) is 8.29. The molecule has 1 aromatic rings. The summed E-state index contributed by atoms with van der Waals surface area (Å²) in [5, 5.41) is 0. The molecule has 13 heavy (non-hydrogen) atoms. The molecule has 0 bridgehead atoms. The van der Waals surface area contributed by atoms with Gasteiger partial charge in [-0.05, 0) is 24.5 Å². The van der Waals surface area contributed by atoms with Gasteiger partial charge >= 0.3 is 0 Å². The van der Waals surface area contributed by atoms with E-state index < -0.39 is 0 Å². The number of hydrogen-bond acceptors (Lipinski definition) is 2. The van der Waals surface area contributed by atoms with Crippen molar-refractivity contribution in [3.8, 4) is 0 Å². The predicted octanol–water partition coefficient (Wildman–Crippen LogP) is 1.90. The van der Waals surface area contributed by atoms with E-state index in [0.717, 1.165) is 13.0 Å². The Morgan fingerprint density at radius 1 is 1.46 bits per heavy atom. The molecule has 0 heterocycles. The second kappa shape index (κ2) is 5.00. The lowest BCUT2D eigenvalue weighted by Crippen LogP contribution is -2.05. The van der Waals surface area contributed by atoms with E-state index in [1.165, 1.54) is 11.1 Å². The molecule has 0 aliphatic heterocycles. The summed E-state index contributed by atoms with van der Waals surface area (Å²) in [7, 11) is 1.72. The molecule has 1 aromatic carbocycles. The van der Waals surface area contributed by atoms with Gasteiger partial charge in [-0.25, -0.2) is 0 Å². The first kappa shape index (κ1) is 10.2. The van der Waals surface area contributed by atoms with Crippen LogP contribution in [-0.2, 0) is 11.2 Å². The lowest BCUT2D eigenvalue weighted by atomic mass is 10.0. The average molecular weight is 179 g/mol. The van der Waals surface area contributed by atoms with E-state index in [9.17, 15) is 0 Å². The number of rotatable bonds is 4. The highest BCUT2D eigenvalue weighted by molar-refractivity contribution is 5.25. The molecule has 1 rings (SSSR count). The molecule has 0 aliphatic rings. The van der Waals surface area contributed by atoms with Gasteiger partial charge in [-0.15, -0.1) is 0 Å². The predicted molar refractivity (Wildman–Crippen MR) is 54.6 cm³/mol. The van der Waals surface area contributed by atoms with Crippen LogP contribution in [0, 0.1) is 0 Å². The Morgan fingerprint density at radius 2 is 2.23 bits per heavy atom. The molecule has 2 nitrogen and oxygen atoms in total. The standard InChI is InChI=1S/C11H17NO/c1-9(12)11-5-3-4-10(8-11)6-7-13-2/h3-5,8-9H,6-7,12H2,1-2H3. The molecule has 2 N–H and O–H groups in total. The van der Waals surface area contributed by atoms with Gasteiger partial charge in [0.1, 0.15) is 0 Å². The average Bonchev–Trinajstić information content (AvgIpc) is 2.15. The van der Waals surface area contributed by atoms with E-state index in [1.807, 2.05) is 13.0 Å². The summed E-state index contributed by atoms with van der Waals surface area (Å²) in [5.41, 5.74) is 8.26. The van der Waals surface area contributed by atoms with Crippen molar-refractivity contribution < 1.29 is 4.74 Å². The first-order valence-electron chi connectivity index (χ1n) is 4.57. The fourth-order valence-corrected chi connectivity index (χ4v) is 1.25. The van der Waals surface area contributed by atoms with E-state index >= 15 is 0 Å². The van der Waals surface area contributed by atoms with E-state index in [1.54, 1.807) is 7.11 Å². The van der Waals surface area contributed by atoms with E-state index in [0.29, 0.717) is 0 Å². The largest absolute Gasteiger partial charge is 0.384 e. The third-order valence-electron chi connectivity index (χ3n) is 2.07. The summed E-state index contributed by atoms with van der Waals surface area (Å²) in [6.45, 7) is 2.76. The molecular formula is C11H17NO. The molecule has 0 saturated carbocycles. The quantitative estimate of drug-likeness (QED) is 0.766. The van der Waals surface area contributed by atoms with Crippen LogP contribution >= 0.6 is 0 Å². The first-order chi connectivity index (χ1) is 6.24. The molecule has 0 radical (unpaired) electrons. The van der Waals surface area contributed by atoms with Crippen molar-refractivity contribution in [2.75, 3.05) is 13.7 Å². The Kier molecular flexibility index (Phi) is 3.93. The summed E-state index contributed by atoms with van der Waals surface area (Å²) in [6.07, 6.45) is 0.955. The summed E-state index contributed by atoms with van der Waals surface area (Å²) in [6, 6.07) is 8.46. The number of nitrogens with two attached hydrogens (primary N) is 1. The monoisotopic (exact) mass is 179 g/mol. The Balaban J connectivity index is 2.68. The Labute approximate surface area is 79.7 Å². The zero-order chi connectivity index (χ0) is 9.68. The van der Waals surface area contributed by atoms with Crippen molar-refractivity contribution in [2.45, 2.75) is 19.4 Å². The van der Waals surface area contributed by atoms with Gasteiger partial charge in [0, 0.05) is 13.2 Å². The van der Waals surface area contributed by atoms with Gasteiger partial charge in [-0.2, -0.15) is 0 Å². The molecule has 0 aromatic heterocycles. The van der Waals surface area contributed by atoms with Gasteiger partial charge in [0.25, 0.3) is 0 Å². The van der Waals surface area contributed by atoms with Crippen LogP contribution in [0.4, 0.5) is 0 Å². The lowest BCUT2D eigenvalue weighted by molar-refractivity contribution is 0.202. The maximum Gasteiger partial charge on any atom is 0.0502 e. The van der Waals surface area contributed by atoms with Gasteiger partial charge < -0.3 is 10.5 Å². The molecular weight excluding hydrogens is 162 g/mol. The van der Waals surface area contributed by atoms with Crippen molar-refractivity contribution in [3.63, 3.8) is 0 Å². The Morgan fingerprint density at radius 3 is 2.85 bits per heavy atom. The van der Waals surface area contributed by atoms with Crippen LogP contribution in [0.1, 0.15) is 24.1 Å². The van der Waals surface area contributed by atoms with E-state index in [4.69, 9.17) is 10.5 Å². The summed E-state index contributed by atoms with van der Waals surface area (Å²) in [5.74, 6) is 0. The third-order valence-corrected chi connectivity index (χ3v) is 2.07. The zero-order valence-corrected chi connectivity index (χ0v) is 8.29. The minimum atomic E-state index is 0.113. The minimum absolute atomic E-state index is 0.113. The molecule has 1 atom stereocenters. The molecule has 0 fully saturated rings. The van der Waals surface area contributed by atoms with Crippen LogP contribution in [0.2, 0.25) is 0 Å². The SMILES string of the molecule is COCCc1cccc(C(C)N)c1. The van der Waals surface area contributed by atoms with Crippen molar-refractivity contribution in [3.05, 3.63) is 35.4 Å². The first-order valence-corrected chi connectivity index (χ1v) is 4.57. The molecule has 2 heteroatoms. The third kappa shape index (κ3) is 3.17. The van der Waals surface area contributed by atoms with Crippen LogP contribution in [0.5, 0.6) is 0 Å². The highest BCUT2D eigenvalue weighted by atomic mass is 16.5. The van der Waals surface area contributed by atoms with Crippen molar-refractivity contribution >= 4 is 0 Å². The van der Waals surface area contributed by atoms with E-state index in [2.05, 4.69) is 18.2 Å². The fourth-order valence-electron chi connectivity index (χ4n) is 1.25.